The first-order chi connectivity index (χ1) is 53.9. The van der Waals surface area contributed by atoms with Crippen LogP contribution >= 0.6 is 69.9 Å². The molecular formula is C90H121BBrN11O12S4. The number of fused-ring (bicyclic) bond motifs is 6. The van der Waals surface area contributed by atoms with Crippen LogP contribution in [0.3, 0.4) is 0 Å². The summed E-state index contributed by atoms with van der Waals surface area (Å²) in [5.41, 5.74) is 9.23. The largest absolute Gasteiger partial charge is 0.494 e. The van der Waals surface area contributed by atoms with Gasteiger partial charge in [0.2, 0.25) is 0 Å². The molecule has 642 valence electrons. The van der Waals surface area contributed by atoms with Gasteiger partial charge in [0.1, 0.15) is 51.0 Å². The van der Waals surface area contributed by atoms with Crippen LogP contribution in [-0.4, -0.2) is 183 Å². The summed E-state index contributed by atoms with van der Waals surface area (Å²) in [7, 11) is -0.369. The highest BCUT2D eigenvalue weighted by Gasteiger charge is 2.53. The van der Waals surface area contributed by atoms with E-state index in [1.807, 2.05) is 111 Å². The number of rotatable bonds is 8. The second-order valence-electron chi connectivity index (χ2n) is 36.9. The van der Waals surface area contributed by atoms with E-state index >= 15 is 0 Å². The van der Waals surface area contributed by atoms with Gasteiger partial charge < -0.3 is 53.3 Å². The maximum atomic E-state index is 13.2. The SMILES string of the molecule is C.CC(C)(C)OC(=O)N1CCC[C@H]1C1=NC2(COC2)c2ccc(-c3ccc4cc(-c5cnc([C@@H]6CCCN6C(=O)OC(C)(C)C)[nH]5)ccc4c3)cc2N1.CC(C)(C)OC(=O)N1CCC[C@H]1C1=NC2(COC2)c2ccc(Br)cc2N1.CC(C)(C)OC(=O)N1CCC[C@H]1C1=NC=C(c2ccc3cc(B4OC(C)(C)C(C)(C)O4)ccc3c2)C1.S.S.S.S. The Morgan fingerprint density at radius 3 is 1.34 bits per heavy atom. The predicted octanol–water partition coefficient (Wildman–Crippen LogP) is 19.1. The van der Waals surface area contributed by atoms with E-state index in [0.717, 1.165) is 164 Å². The number of nitrogens with one attached hydrogen (secondary N) is 3. The van der Waals surface area contributed by atoms with Gasteiger partial charge in [0.25, 0.3) is 0 Å². The number of aromatic amines is 1. The van der Waals surface area contributed by atoms with Crippen LogP contribution in [0.2, 0.25) is 0 Å². The van der Waals surface area contributed by atoms with Gasteiger partial charge in [-0.3, -0.25) is 34.6 Å². The van der Waals surface area contributed by atoms with Crippen molar-refractivity contribution in [2.45, 2.75) is 245 Å². The highest BCUT2D eigenvalue weighted by atomic mass is 79.9. The number of allylic oxidation sites excluding steroid dienone is 1. The molecule has 0 aliphatic carbocycles. The van der Waals surface area contributed by atoms with Crippen molar-refractivity contribution in [2.24, 2.45) is 15.0 Å². The Morgan fingerprint density at radius 2 is 0.866 bits per heavy atom. The lowest BCUT2D eigenvalue weighted by atomic mass is 9.78. The molecule has 23 nitrogen and oxygen atoms in total. The van der Waals surface area contributed by atoms with E-state index < -0.39 is 27.9 Å². The highest BCUT2D eigenvalue weighted by Crippen LogP contribution is 2.47. The number of nitrogens with zero attached hydrogens (tertiary/aromatic N) is 8. The Kier molecular flexibility index (Phi) is 28.3. The molecule has 4 atom stereocenters. The molecule has 29 heteroatoms. The van der Waals surface area contributed by atoms with Gasteiger partial charge in [-0.1, -0.05) is 96.2 Å². The molecule has 10 aliphatic rings. The Balaban J connectivity index is 0.000000195. The Labute approximate surface area is 738 Å². The molecule has 17 rings (SSSR count). The number of hydrogen-bond donors (Lipinski definition) is 3. The van der Waals surface area contributed by atoms with E-state index in [4.69, 9.17) is 57.7 Å². The first-order valence-corrected chi connectivity index (χ1v) is 41.2. The number of imidazole rings is 1. The number of ether oxygens (including phenoxy) is 6. The number of halogens is 1. The van der Waals surface area contributed by atoms with Gasteiger partial charge in [0.05, 0.1) is 73.7 Å². The fourth-order valence-corrected chi connectivity index (χ4v) is 17.0. The van der Waals surface area contributed by atoms with Gasteiger partial charge in [-0.15, -0.1) is 0 Å². The lowest BCUT2D eigenvalue weighted by molar-refractivity contribution is -0.0558. The number of aromatic nitrogens is 2. The van der Waals surface area contributed by atoms with Crippen molar-refractivity contribution in [1.82, 2.24) is 29.6 Å². The fourth-order valence-electron chi connectivity index (χ4n) is 16.6. The van der Waals surface area contributed by atoms with Crippen LogP contribution in [0.5, 0.6) is 0 Å². The summed E-state index contributed by atoms with van der Waals surface area (Å²) in [6.45, 7) is 35.9. The summed E-state index contributed by atoms with van der Waals surface area (Å²) < 4.78 is 47.3. The van der Waals surface area contributed by atoms with E-state index in [2.05, 4.69) is 162 Å². The number of benzene rings is 6. The van der Waals surface area contributed by atoms with E-state index in [0.29, 0.717) is 46.1 Å². The van der Waals surface area contributed by atoms with Gasteiger partial charge in [-0.25, -0.2) is 24.2 Å². The van der Waals surface area contributed by atoms with Crippen molar-refractivity contribution in [1.29, 1.82) is 0 Å². The number of amidine groups is 2. The molecule has 2 spiro atoms. The zero-order chi connectivity index (χ0) is 80.8. The molecule has 7 fully saturated rings. The standard InChI is InChI=1S/C41H48N6O5.C29H37BN2O4.C19H24BrN3O3.CH4.4H2S/c1-39(2,3)51-37(48)46-17-7-9-33(46)35-42-22-32(44-35)29-14-13-25-19-26(11-12-27(25)20-29)28-15-16-30-31(21-28)43-36(45-41(30)23-50-24-41)34-10-8-18-47(34)38(49)52-40(4,5)6;1-27(2,3)34-26(33)32-14-8-9-25(32)24-17-22(18-31-24)20-10-11-21-16-23(13-12-19(21)15-20)30-35-28(4,5)29(6,7)36-30;1-18(2,3)26-17(24)23-8-4-5-15(23)16-21-14-9-12(20)6-7-13(14)19(22-16)10-25-11-19;;;;;/h11-16,19-22,33-34H,7-10,17-18,23-24H2,1-6H3,(H,42,44)(H,43,45);10-13,15-16,18,25H,8-9,14,17H2,1-7H3;6-7,9,15H,4-5,8,10-11H2,1-3H3,(H,21,22);1H4;4*1H2/t33-,34-;25-;15-;;;;;/m000...../s1. The molecule has 0 bridgehead atoms. The molecule has 11 heterocycles. The molecule has 7 saturated heterocycles. The third-order valence-electron chi connectivity index (χ3n) is 23.0. The predicted molar refractivity (Wildman–Crippen MR) is 499 cm³/mol. The van der Waals surface area contributed by atoms with Crippen LogP contribution in [0.15, 0.2) is 141 Å². The van der Waals surface area contributed by atoms with Crippen molar-refractivity contribution in [3.8, 4) is 22.4 Å². The quantitative estimate of drug-likeness (QED) is 0.0946. The van der Waals surface area contributed by atoms with Crippen molar-refractivity contribution in [3.63, 3.8) is 0 Å². The summed E-state index contributed by atoms with van der Waals surface area (Å²) in [4.78, 5) is 81.8. The van der Waals surface area contributed by atoms with Gasteiger partial charge >= 0.3 is 31.5 Å². The Hall–Kier alpha value is -7.74. The van der Waals surface area contributed by atoms with Crippen LogP contribution in [0, 0.1) is 0 Å². The van der Waals surface area contributed by atoms with Crippen molar-refractivity contribution in [2.75, 3.05) is 63.2 Å². The third-order valence-corrected chi connectivity index (χ3v) is 23.5. The first-order valence-electron chi connectivity index (χ1n) is 40.4. The van der Waals surface area contributed by atoms with Crippen molar-refractivity contribution < 1.29 is 56.9 Å². The summed E-state index contributed by atoms with van der Waals surface area (Å²) in [6, 6.07) is 38.2. The number of carbonyl (C=O) groups excluding carboxylic acids is 4. The number of anilines is 2. The maximum Gasteiger partial charge on any atom is 0.494 e. The molecule has 3 N–H and O–H groups in total. The third kappa shape index (κ3) is 20.1. The summed E-state index contributed by atoms with van der Waals surface area (Å²) in [5, 5.41) is 11.7. The topological polar surface area (TPSA) is 245 Å². The Bertz CT molecular complexity index is 5040. The van der Waals surface area contributed by atoms with Gasteiger partial charge in [0.15, 0.2) is 0 Å². The number of amides is 4. The number of H-pyrrole nitrogens is 1. The average Bonchev–Trinajstić information content (AvgIpc) is 1.01. The summed E-state index contributed by atoms with van der Waals surface area (Å²) >= 11 is 3.54. The highest BCUT2D eigenvalue weighted by molar-refractivity contribution is 9.10. The van der Waals surface area contributed by atoms with Gasteiger partial charge in [-0.05, 0) is 248 Å². The second kappa shape index (κ2) is 36.0. The molecule has 0 radical (unpaired) electrons. The van der Waals surface area contributed by atoms with Crippen LogP contribution in [0.1, 0.15) is 205 Å². The maximum absolute atomic E-state index is 13.2. The second-order valence-corrected chi connectivity index (χ2v) is 37.8. The fraction of sp³-hybridized carbons (Fsp3) is 0.511. The minimum Gasteiger partial charge on any atom is -0.444 e. The van der Waals surface area contributed by atoms with Crippen molar-refractivity contribution >= 4 is 163 Å². The molecule has 1 aromatic heterocycles. The Morgan fingerprint density at radius 1 is 0.479 bits per heavy atom. The molecule has 7 aromatic rings. The summed E-state index contributed by atoms with van der Waals surface area (Å²) in [5.74, 6) is 2.42. The molecule has 0 unspecified atom stereocenters. The number of likely N-dealkylation sites (tertiary alicyclic amines) is 4. The minimum absolute atomic E-state index is 0. The molecule has 4 amide bonds. The zero-order valence-electron chi connectivity index (χ0n) is 70.8. The van der Waals surface area contributed by atoms with Gasteiger partial charge in [-0.2, -0.15) is 54.0 Å². The van der Waals surface area contributed by atoms with Crippen LogP contribution < -0.4 is 16.1 Å². The van der Waals surface area contributed by atoms with Crippen LogP contribution in [0.25, 0.3) is 49.5 Å². The molecule has 0 saturated carbocycles. The first kappa shape index (κ1) is 93.5. The average molecular weight is 1770 g/mol. The molecular weight excluding hydrogens is 1650 g/mol. The normalized spacial score (nSPS) is 21.4. The molecule has 10 aliphatic heterocycles. The molecule has 119 heavy (non-hydrogen) atoms. The van der Waals surface area contributed by atoms with E-state index in [1.165, 1.54) is 11.0 Å². The van der Waals surface area contributed by atoms with E-state index in [1.54, 1.807) is 9.80 Å². The van der Waals surface area contributed by atoms with E-state index in [-0.39, 0.29) is 134 Å². The smallest absolute Gasteiger partial charge is 0.444 e. The number of aliphatic imine (C=N–C) groups is 3. The van der Waals surface area contributed by atoms with Crippen molar-refractivity contribution in [3.05, 3.63) is 149 Å². The lowest BCUT2D eigenvalue weighted by Gasteiger charge is -2.44. The number of hydrogen-bond acceptors (Lipinski definition) is 18. The van der Waals surface area contributed by atoms with Crippen LogP contribution in [0.4, 0.5) is 30.6 Å². The summed E-state index contributed by atoms with van der Waals surface area (Å²) in [6.07, 6.45) is 10.7. The van der Waals surface area contributed by atoms with Crippen LogP contribution in [-0.2, 0) is 48.8 Å². The molecule has 6 aromatic carbocycles. The monoisotopic (exact) mass is 1770 g/mol. The van der Waals surface area contributed by atoms with Gasteiger partial charge in [0, 0.05) is 77.0 Å². The van der Waals surface area contributed by atoms with E-state index in [9.17, 15) is 19.2 Å². The zero-order valence-corrected chi connectivity index (χ0v) is 76.4. The minimum atomic E-state index is -0.567. The lowest BCUT2D eigenvalue weighted by Crippen LogP contribution is -2.53. The number of carbonyl (C=O) groups is 4.